The topological polar surface area (TPSA) is 57.2 Å². The first-order valence-electron chi connectivity index (χ1n) is 8.04. The molecule has 0 amide bonds. The van der Waals surface area contributed by atoms with Crippen molar-refractivity contribution in [3.8, 4) is 0 Å². The van der Waals surface area contributed by atoms with E-state index in [1.165, 1.54) is 49.9 Å². The highest BCUT2D eigenvalue weighted by Gasteiger charge is 2.16. The van der Waals surface area contributed by atoms with Crippen LogP contribution in [0, 0.1) is 0 Å². The van der Waals surface area contributed by atoms with Gasteiger partial charge in [-0.2, -0.15) is 0 Å². The molecule has 21 heavy (non-hydrogen) atoms. The summed E-state index contributed by atoms with van der Waals surface area (Å²) >= 11 is 0. The van der Waals surface area contributed by atoms with Gasteiger partial charge in [-0.3, -0.25) is 0 Å². The van der Waals surface area contributed by atoms with Crippen LogP contribution < -0.4 is 0 Å². The number of hydrogen-bond acceptors (Lipinski definition) is 3. The van der Waals surface area contributed by atoms with Gasteiger partial charge >= 0.3 is 0 Å². The molecule has 0 aliphatic heterocycles. The third-order valence-electron chi connectivity index (χ3n) is 3.79. The van der Waals surface area contributed by atoms with Gasteiger partial charge in [-0.25, -0.2) is 12.8 Å². The first-order valence-corrected chi connectivity index (χ1v) is 9.51. The molecule has 0 radical (unpaired) electrons. The average molecular weight is 330 g/mol. The molecule has 0 rings (SSSR count). The zero-order chi connectivity index (χ0) is 17.5. The lowest BCUT2D eigenvalue weighted by Gasteiger charge is -2.34. The second-order valence-corrected chi connectivity index (χ2v) is 6.63. The van der Waals surface area contributed by atoms with E-state index < -0.39 is 15.6 Å². The van der Waals surface area contributed by atoms with Gasteiger partial charge in [0.1, 0.15) is 10.1 Å². The molecule has 0 aliphatic rings. The molecular weight excluding hydrogens is 293 g/mol. The van der Waals surface area contributed by atoms with Gasteiger partial charge in [0, 0.05) is 0 Å². The molecule has 0 aliphatic carbocycles. The molecule has 0 fully saturated rings. The normalized spacial score (nSPS) is 12.6. The van der Waals surface area contributed by atoms with Crippen molar-refractivity contribution < 1.29 is 21.8 Å². The van der Waals surface area contributed by atoms with Crippen molar-refractivity contribution in [1.29, 1.82) is 0 Å². The Hall–Kier alpha value is -0.200. The van der Waals surface area contributed by atoms with Gasteiger partial charge in [-0.15, -0.1) is 0 Å². The van der Waals surface area contributed by atoms with Crippen molar-refractivity contribution in [2.45, 2.75) is 73.2 Å². The van der Waals surface area contributed by atoms with E-state index in [4.69, 9.17) is 0 Å². The van der Waals surface area contributed by atoms with E-state index in [2.05, 4.69) is 41.5 Å². The fourth-order valence-electron chi connectivity index (χ4n) is 1.70. The Morgan fingerprint density at radius 2 is 1.14 bits per heavy atom. The van der Waals surface area contributed by atoms with Crippen LogP contribution in [-0.2, 0) is 10.1 Å². The Labute approximate surface area is 132 Å². The predicted octanol–water partition coefficient (Wildman–Crippen LogP) is 3.93. The molecule has 0 aromatic heterocycles. The number of nitrogens with zero attached hydrogens (tertiary/aromatic N) is 1. The van der Waals surface area contributed by atoms with Gasteiger partial charge < -0.3 is 9.04 Å². The summed E-state index contributed by atoms with van der Waals surface area (Å²) in [5, 5.41) is 0. The first kappa shape index (κ1) is 25.7. The molecule has 1 unspecified atom stereocenters. The van der Waals surface area contributed by atoms with Crippen LogP contribution in [0.2, 0.25) is 0 Å². The Balaban J connectivity index is -0.000000242. The van der Waals surface area contributed by atoms with Crippen LogP contribution in [-0.4, -0.2) is 49.1 Å². The number of halogens is 1. The number of alkyl halides is 1. The maximum Gasteiger partial charge on any atom is 0.186 e. The van der Waals surface area contributed by atoms with Gasteiger partial charge in [0.2, 0.25) is 0 Å². The molecule has 0 spiro atoms. The van der Waals surface area contributed by atoms with E-state index in [9.17, 15) is 17.4 Å². The molecule has 0 saturated heterocycles. The highest BCUT2D eigenvalue weighted by molar-refractivity contribution is 7.86. The smallest absolute Gasteiger partial charge is 0.186 e. The summed E-state index contributed by atoms with van der Waals surface area (Å²) in [5.41, 5.74) is -2.28. The Bertz CT molecular complexity index is 283. The summed E-state index contributed by atoms with van der Waals surface area (Å²) in [5.74, 6) is 0. The second kappa shape index (κ2) is 14.7. The molecular formula is C15H36FNO3S. The molecule has 6 heteroatoms. The van der Waals surface area contributed by atoms with Crippen molar-refractivity contribution in [3.05, 3.63) is 0 Å². The summed E-state index contributed by atoms with van der Waals surface area (Å²) in [6.45, 7) is 19.3. The Morgan fingerprint density at radius 3 is 1.14 bits per heavy atom. The minimum absolute atomic E-state index is 0.683. The van der Waals surface area contributed by atoms with Crippen molar-refractivity contribution in [2.24, 2.45) is 0 Å². The summed E-state index contributed by atoms with van der Waals surface area (Å²) in [6, 6.07) is 0. The standard InChI is InChI=1S/C8H20N.C5H12.C2H5FO3S/c1-5-9(6-2,7-3)8-4;1-3-5-4-2;1-2(3)7(4,5)6/h5-8H2,1-4H3;3-5H2,1-2H3;2H,1H3,(H,4,5,6)/q+1;;/p-1. The summed E-state index contributed by atoms with van der Waals surface area (Å²) in [4.78, 5) is 0. The minimum Gasteiger partial charge on any atom is -0.746 e. The maximum atomic E-state index is 11.3. The van der Waals surface area contributed by atoms with Crippen LogP contribution in [0.3, 0.4) is 0 Å². The fourth-order valence-corrected chi connectivity index (χ4v) is 1.70. The number of quaternary nitrogens is 1. The van der Waals surface area contributed by atoms with Crippen molar-refractivity contribution in [1.82, 2.24) is 0 Å². The molecule has 4 nitrogen and oxygen atoms in total. The highest BCUT2D eigenvalue weighted by atomic mass is 32.2. The van der Waals surface area contributed by atoms with Crippen LogP contribution >= 0.6 is 0 Å². The van der Waals surface area contributed by atoms with E-state index in [1.54, 1.807) is 0 Å². The quantitative estimate of drug-likeness (QED) is 0.525. The SMILES string of the molecule is CC(F)S(=O)(=O)[O-].CCCCC.CC[N+](CC)(CC)CC. The van der Waals surface area contributed by atoms with Gasteiger partial charge in [-0.05, 0) is 34.6 Å². The van der Waals surface area contributed by atoms with E-state index >= 15 is 0 Å². The number of unbranched alkanes of at least 4 members (excludes halogenated alkanes) is 2. The number of rotatable bonds is 7. The van der Waals surface area contributed by atoms with Gasteiger partial charge in [-0.1, -0.05) is 33.1 Å². The highest BCUT2D eigenvalue weighted by Crippen LogP contribution is 2.03. The minimum atomic E-state index is -4.66. The van der Waals surface area contributed by atoms with Gasteiger partial charge in [0.25, 0.3) is 0 Å². The summed E-state index contributed by atoms with van der Waals surface area (Å²) < 4.78 is 40.8. The van der Waals surface area contributed by atoms with Gasteiger partial charge in [0.15, 0.2) is 5.50 Å². The molecule has 0 saturated carbocycles. The molecule has 0 heterocycles. The third kappa shape index (κ3) is 16.0. The van der Waals surface area contributed by atoms with Gasteiger partial charge in [0.05, 0.1) is 26.2 Å². The van der Waals surface area contributed by atoms with Crippen LogP contribution in [0.25, 0.3) is 0 Å². The monoisotopic (exact) mass is 329 g/mol. The first-order chi connectivity index (χ1) is 9.60. The Kier molecular flexibility index (Phi) is 18.0. The third-order valence-corrected chi connectivity index (χ3v) is 4.58. The van der Waals surface area contributed by atoms with Crippen LogP contribution in [0.5, 0.6) is 0 Å². The summed E-state index contributed by atoms with van der Waals surface area (Å²) in [6.07, 6.45) is 4.08. The van der Waals surface area contributed by atoms with E-state index in [0.717, 1.165) is 0 Å². The van der Waals surface area contributed by atoms with Crippen LogP contribution in [0.4, 0.5) is 4.39 Å². The molecule has 0 aromatic carbocycles. The van der Waals surface area contributed by atoms with Crippen LogP contribution in [0.1, 0.15) is 67.7 Å². The van der Waals surface area contributed by atoms with Crippen LogP contribution in [0.15, 0.2) is 0 Å². The van der Waals surface area contributed by atoms with Crippen molar-refractivity contribution in [2.75, 3.05) is 26.2 Å². The second-order valence-electron chi connectivity index (χ2n) is 5.00. The van der Waals surface area contributed by atoms with Crippen molar-refractivity contribution >= 4 is 10.1 Å². The largest absolute Gasteiger partial charge is 0.746 e. The van der Waals surface area contributed by atoms with E-state index in [1.807, 2.05) is 0 Å². The molecule has 0 aromatic rings. The number of hydrogen-bond donors (Lipinski definition) is 0. The van der Waals surface area contributed by atoms with Crippen molar-refractivity contribution in [3.63, 3.8) is 0 Å². The fraction of sp³-hybridized carbons (Fsp3) is 1.00. The summed E-state index contributed by atoms with van der Waals surface area (Å²) in [7, 11) is -4.66. The molecule has 0 bridgehead atoms. The predicted molar refractivity (Wildman–Crippen MR) is 87.9 cm³/mol. The van der Waals surface area contributed by atoms with E-state index in [0.29, 0.717) is 6.92 Å². The Morgan fingerprint density at radius 1 is 0.905 bits per heavy atom. The maximum absolute atomic E-state index is 11.3. The zero-order valence-corrected chi connectivity index (χ0v) is 15.8. The van der Waals surface area contributed by atoms with E-state index in [-0.39, 0.29) is 0 Å². The lowest BCUT2D eigenvalue weighted by atomic mass is 10.3. The molecule has 132 valence electrons. The molecule has 0 N–H and O–H groups in total. The lowest BCUT2D eigenvalue weighted by Crippen LogP contribution is -2.47. The zero-order valence-electron chi connectivity index (χ0n) is 15.0. The average Bonchev–Trinajstić information content (AvgIpc) is 2.43. The molecule has 1 atom stereocenters. The lowest BCUT2D eigenvalue weighted by molar-refractivity contribution is -0.921.